The van der Waals surface area contributed by atoms with E-state index in [1.807, 2.05) is 0 Å². The Kier molecular flexibility index (Phi) is 5.84. The van der Waals surface area contributed by atoms with Gasteiger partial charge in [-0.1, -0.05) is 18.9 Å². The van der Waals surface area contributed by atoms with E-state index in [1.54, 1.807) is 60.2 Å². The Bertz CT molecular complexity index is 1130. The van der Waals surface area contributed by atoms with Crippen LogP contribution in [0.15, 0.2) is 54.7 Å². The lowest BCUT2D eigenvalue weighted by Crippen LogP contribution is -2.34. The van der Waals surface area contributed by atoms with Crippen LogP contribution in [0.2, 0.25) is 0 Å². The Morgan fingerprint density at radius 3 is 2.45 bits per heavy atom. The first kappa shape index (κ1) is 20.8. The number of hydrogen-bond donors (Lipinski definition) is 2. The zero-order valence-electron chi connectivity index (χ0n) is 17.2. The zero-order valence-corrected chi connectivity index (χ0v) is 17.2. The molecule has 0 radical (unpaired) electrons. The number of anilines is 1. The minimum Gasteiger partial charge on any atom is -0.335 e. The molecule has 1 heterocycles. The Hall–Kier alpha value is -3.48. The number of amides is 3. The molecule has 1 saturated carbocycles. The molecule has 1 fully saturated rings. The fraction of sp³-hybridized carbons (Fsp3) is 0.292. The molecule has 2 aromatic carbocycles. The molecule has 31 heavy (non-hydrogen) atoms. The molecule has 6 nitrogen and oxygen atoms in total. The lowest BCUT2D eigenvalue weighted by atomic mass is 10.1. The van der Waals surface area contributed by atoms with E-state index in [1.165, 1.54) is 6.07 Å². The molecular formula is C24H24FN3O3. The number of halogens is 1. The van der Waals surface area contributed by atoms with Gasteiger partial charge < -0.3 is 9.88 Å². The first-order chi connectivity index (χ1) is 14.9. The Balaban J connectivity index is 1.40. The van der Waals surface area contributed by atoms with Gasteiger partial charge in [0.25, 0.3) is 5.91 Å². The highest BCUT2D eigenvalue weighted by Crippen LogP contribution is 2.25. The molecule has 3 aromatic rings. The molecule has 0 saturated heterocycles. The van der Waals surface area contributed by atoms with E-state index < -0.39 is 11.9 Å². The molecule has 4 rings (SSSR count). The standard InChI is InChI=1S/C24H24FN3O3/c1-15(28-14-13-19-20(25)7-4-8-21(19)28)22(29)26-18-11-9-17(10-12-18)24(31)27-23(30)16-5-2-3-6-16/h4,7-16H,2-3,5-6H2,1H3,(H,26,29)(H,27,30,31)/t15-/m1/s1. The normalized spacial score (nSPS) is 15.0. The van der Waals surface area contributed by atoms with E-state index in [-0.39, 0.29) is 23.5 Å². The maximum absolute atomic E-state index is 13.9. The SMILES string of the molecule is C[C@H](C(=O)Nc1ccc(C(=O)NC(=O)C2CCCC2)cc1)n1ccc2c(F)cccc21. The summed E-state index contributed by atoms with van der Waals surface area (Å²) < 4.78 is 15.6. The lowest BCUT2D eigenvalue weighted by molar-refractivity contribution is -0.123. The quantitative estimate of drug-likeness (QED) is 0.598. The van der Waals surface area contributed by atoms with Crippen LogP contribution >= 0.6 is 0 Å². The number of rotatable bonds is 5. The summed E-state index contributed by atoms with van der Waals surface area (Å²) in [4.78, 5) is 37.1. The van der Waals surface area contributed by atoms with E-state index in [4.69, 9.17) is 0 Å². The lowest BCUT2D eigenvalue weighted by Gasteiger charge is -2.16. The maximum atomic E-state index is 13.9. The number of carbonyl (C=O) groups is 3. The number of carbonyl (C=O) groups excluding carboxylic acids is 3. The van der Waals surface area contributed by atoms with Gasteiger partial charge in [-0.2, -0.15) is 0 Å². The fourth-order valence-corrected chi connectivity index (χ4v) is 4.04. The summed E-state index contributed by atoms with van der Waals surface area (Å²) in [6.45, 7) is 1.73. The van der Waals surface area contributed by atoms with Crippen LogP contribution in [-0.2, 0) is 9.59 Å². The summed E-state index contributed by atoms with van der Waals surface area (Å²) in [5.41, 5.74) is 1.52. The fourth-order valence-electron chi connectivity index (χ4n) is 4.04. The van der Waals surface area contributed by atoms with Crippen LogP contribution in [0.3, 0.4) is 0 Å². The highest BCUT2D eigenvalue weighted by Gasteiger charge is 2.24. The molecule has 1 atom stereocenters. The van der Waals surface area contributed by atoms with Crippen LogP contribution < -0.4 is 10.6 Å². The molecule has 0 spiro atoms. The topological polar surface area (TPSA) is 80.2 Å². The summed E-state index contributed by atoms with van der Waals surface area (Å²) in [5.74, 6) is -1.34. The van der Waals surface area contributed by atoms with Crippen molar-refractivity contribution in [3.05, 3.63) is 66.1 Å². The van der Waals surface area contributed by atoms with Crippen molar-refractivity contribution in [3.63, 3.8) is 0 Å². The summed E-state index contributed by atoms with van der Waals surface area (Å²) in [5, 5.41) is 5.73. The van der Waals surface area contributed by atoms with Gasteiger partial charge in [0.05, 0.1) is 5.52 Å². The first-order valence-corrected chi connectivity index (χ1v) is 10.4. The highest BCUT2D eigenvalue weighted by atomic mass is 19.1. The van der Waals surface area contributed by atoms with E-state index in [2.05, 4.69) is 10.6 Å². The van der Waals surface area contributed by atoms with Gasteiger partial charge in [-0.15, -0.1) is 0 Å². The van der Waals surface area contributed by atoms with Gasteiger partial charge in [-0.3, -0.25) is 19.7 Å². The number of nitrogens with one attached hydrogen (secondary N) is 2. The Morgan fingerprint density at radius 2 is 1.74 bits per heavy atom. The number of benzene rings is 2. The van der Waals surface area contributed by atoms with Crippen LogP contribution in [0, 0.1) is 11.7 Å². The number of imide groups is 1. The van der Waals surface area contributed by atoms with Crippen LogP contribution in [0.1, 0.15) is 49.0 Å². The molecule has 0 aliphatic heterocycles. The third-order valence-corrected chi connectivity index (χ3v) is 5.88. The smallest absolute Gasteiger partial charge is 0.257 e. The molecule has 3 amide bonds. The molecule has 0 bridgehead atoms. The largest absolute Gasteiger partial charge is 0.335 e. The second kappa shape index (κ2) is 8.71. The van der Waals surface area contributed by atoms with Gasteiger partial charge >= 0.3 is 0 Å². The van der Waals surface area contributed by atoms with E-state index in [9.17, 15) is 18.8 Å². The molecule has 160 valence electrons. The number of hydrogen-bond acceptors (Lipinski definition) is 3. The summed E-state index contributed by atoms with van der Waals surface area (Å²) in [6.07, 6.45) is 5.38. The van der Waals surface area contributed by atoms with Crippen molar-refractivity contribution >= 4 is 34.3 Å². The Morgan fingerprint density at radius 1 is 1.03 bits per heavy atom. The maximum Gasteiger partial charge on any atom is 0.257 e. The Labute approximate surface area is 179 Å². The monoisotopic (exact) mass is 421 g/mol. The van der Waals surface area contributed by atoms with Crippen LogP contribution in [0.25, 0.3) is 10.9 Å². The van der Waals surface area contributed by atoms with Crippen molar-refractivity contribution in [2.75, 3.05) is 5.32 Å². The van der Waals surface area contributed by atoms with Gasteiger partial charge in [-0.05, 0) is 62.2 Å². The van der Waals surface area contributed by atoms with Crippen molar-refractivity contribution < 1.29 is 18.8 Å². The molecule has 7 heteroatoms. The average Bonchev–Trinajstić information content (AvgIpc) is 3.44. The van der Waals surface area contributed by atoms with Gasteiger partial charge in [0.2, 0.25) is 11.8 Å². The van der Waals surface area contributed by atoms with Crippen molar-refractivity contribution in [1.29, 1.82) is 0 Å². The summed E-state index contributed by atoms with van der Waals surface area (Å²) in [7, 11) is 0. The van der Waals surface area contributed by atoms with Crippen molar-refractivity contribution in [3.8, 4) is 0 Å². The molecule has 1 aliphatic carbocycles. The van der Waals surface area contributed by atoms with E-state index >= 15 is 0 Å². The number of fused-ring (bicyclic) bond motifs is 1. The van der Waals surface area contributed by atoms with Crippen LogP contribution in [-0.4, -0.2) is 22.3 Å². The summed E-state index contributed by atoms with van der Waals surface area (Å²) >= 11 is 0. The third kappa shape index (κ3) is 4.35. The van der Waals surface area contributed by atoms with Gasteiger partial charge in [0.15, 0.2) is 0 Å². The predicted molar refractivity (Wildman–Crippen MR) is 116 cm³/mol. The molecule has 0 unspecified atom stereocenters. The van der Waals surface area contributed by atoms with E-state index in [0.29, 0.717) is 22.2 Å². The van der Waals surface area contributed by atoms with Gasteiger partial charge in [0, 0.05) is 28.8 Å². The number of nitrogens with zero attached hydrogens (tertiary/aromatic N) is 1. The zero-order chi connectivity index (χ0) is 22.0. The second-order valence-electron chi connectivity index (χ2n) is 7.94. The average molecular weight is 421 g/mol. The van der Waals surface area contributed by atoms with Gasteiger partial charge in [-0.25, -0.2) is 4.39 Å². The highest BCUT2D eigenvalue weighted by molar-refractivity contribution is 6.05. The second-order valence-corrected chi connectivity index (χ2v) is 7.94. The van der Waals surface area contributed by atoms with Crippen molar-refractivity contribution in [2.45, 2.75) is 38.6 Å². The van der Waals surface area contributed by atoms with E-state index in [0.717, 1.165) is 25.7 Å². The minimum absolute atomic E-state index is 0.0813. The minimum atomic E-state index is -0.564. The molecular weight excluding hydrogens is 397 g/mol. The van der Waals surface area contributed by atoms with Gasteiger partial charge in [0.1, 0.15) is 11.9 Å². The number of aromatic nitrogens is 1. The molecule has 1 aliphatic rings. The van der Waals surface area contributed by atoms with Crippen LogP contribution in [0.5, 0.6) is 0 Å². The molecule has 1 aromatic heterocycles. The third-order valence-electron chi connectivity index (χ3n) is 5.88. The van der Waals surface area contributed by atoms with Crippen LogP contribution in [0.4, 0.5) is 10.1 Å². The van der Waals surface area contributed by atoms with Crippen molar-refractivity contribution in [1.82, 2.24) is 9.88 Å². The van der Waals surface area contributed by atoms with Crippen molar-refractivity contribution in [2.24, 2.45) is 5.92 Å². The first-order valence-electron chi connectivity index (χ1n) is 10.4. The predicted octanol–water partition coefficient (Wildman–Crippen LogP) is 4.43. The summed E-state index contributed by atoms with van der Waals surface area (Å²) in [6, 6.07) is 12.2. The molecule has 2 N–H and O–H groups in total.